The van der Waals surface area contributed by atoms with Crippen LogP contribution in [0, 0.1) is 17.8 Å². The third-order valence-electron chi connectivity index (χ3n) is 7.78. The zero-order valence-corrected chi connectivity index (χ0v) is 15.3. The van der Waals surface area contributed by atoms with Gasteiger partial charge in [-0.25, -0.2) is 0 Å². The predicted molar refractivity (Wildman–Crippen MR) is 101 cm³/mol. The van der Waals surface area contributed by atoms with E-state index in [4.69, 9.17) is 11.5 Å². The smallest absolute Gasteiger partial charge is 0.0139 e. The molecule has 3 nitrogen and oxygen atoms in total. The molecule has 0 aromatic heterocycles. The Bertz CT molecular complexity index is 448. The summed E-state index contributed by atoms with van der Waals surface area (Å²) in [5.74, 6) is 2.65. The Morgan fingerprint density at radius 1 is 0.958 bits per heavy atom. The second-order valence-corrected chi connectivity index (χ2v) is 8.95. The van der Waals surface area contributed by atoms with Gasteiger partial charge in [-0.15, -0.1) is 0 Å². The van der Waals surface area contributed by atoms with E-state index in [9.17, 15) is 0 Å². The maximum absolute atomic E-state index is 6.50. The number of rotatable bonds is 4. The van der Waals surface area contributed by atoms with Gasteiger partial charge < -0.3 is 11.5 Å². The number of fused-ring (bicyclic) bond motifs is 3. The van der Waals surface area contributed by atoms with Crippen LogP contribution in [-0.4, -0.2) is 35.6 Å². The zero-order chi connectivity index (χ0) is 16.5. The van der Waals surface area contributed by atoms with Gasteiger partial charge in [-0.05, 0) is 82.1 Å². The second kappa shape index (κ2) is 7.47. The van der Waals surface area contributed by atoms with E-state index >= 15 is 0 Å². The summed E-state index contributed by atoms with van der Waals surface area (Å²) in [5.41, 5.74) is 12.3. The summed E-state index contributed by atoms with van der Waals surface area (Å²) in [6.45, 7) is 0.744. The maximum Gasteiger partial charge on any atom is 0.0139 e. The lowest BCUT2D eigenvalue weighted by molar-refractivity contribution is 0.0642. The van der Waals surface area contributed by atoms with Crippen LogP contribution in [0.3, 0.4) is 0 Å². The molecule has 3 heteroatoms. The van der Waals surface area contributed by atoms with Gasteiger partial charge in [0.05, 0.1) is 0 Å². The lowest BCUT2D eigenvalue weighted by atomic mass is 9.69. The molecule has 3 aliphatic carbocycles. The fourth-order valence-electron chi connectivity index (χ4n) is 6.71. The molecule has 0 radical (unpaired) electrons. The van der Waals surface area contributed by atoms with E-state index in [2.05, 4.69) is 17.1 Å². The first kappa shape index (κ1) is 17.1. The van der Waals surface area contributed by atoms with Crippen molar-refractivity contribution in [1.29, 1.82) is 0 Å². The largest absolute Gasteiger partial charge is 0.330 e. The van der Waals surface area contributed by atoms with Crippen LogP contribution in [0.4, 0.5) is 0 Å². The third kappa shape index (κ3) is 3.08. The summed E-state index contributed by atoms with van der Waals surface area (Å²) in [6, 6.07) is 2.83. The molecule has 4 rings (SSSR count). The van der Waals surface area contributed by atoms with Gasteiger partial charge in [-0.3, -0.25) is 4.90 Å². The Hall–Kier alpha value is -0.380. The third-order valence-corrected chi connectivity index (χ3v) is 7.78. The summed E-state index contributed by atoms with van der Waals surface area (Å²) in [6.07, 6.45) is 19.8. The topological polar surface area (TPSA) is 55.3 Å². The Morgan fingerprint density at radius 2 is 1.79 bits per heavy atom. The van der Waals surface area contributed by atoms with E-state index in [-0.39, 0.29) is 0 Å². The number of likely N-dealkylation sites (tertiary alicyclic amines) is 1. The summed E-state index contributed by atoms with van der Waals surface area (Å²) >= 11 is 0. The second-order valence-electron chi connectivity index (χ2n) is 8.95. The number of hydrogen-bond donors (Lipinski definition) is 2. The molecule has 7 unspecified atom stereocenters. The van der Waals surface area contributed by atoms with Crippen molar-refractivity contribution < 1.29 is 0 Å². The molecular formula is C21H37N3. The fourth-order valence-corrected chi connectivity index (χ4v) is 6.71. The highest BCUT2D eigenvalue weighted by Gasteiger charge is 2.53. The molecule has 0 amide bonds. The molecule has 4 aliphatic rings. The van der Waals surface area contributed by atoms with Crippen LogP contribution in [0.15, 0.2) is 12.2 Å². The minimum atomic E-state index is 0.326. The number of hydrogen-bond acceptors (Lipinski definition) is 3. The van der Waals surface area contributed by atoms with Crippen molar-refractivity contribution in [2.24, 2.45) is 29.2 Å². The molecule has 24 heavy (non-hydrogen) atoms. The van der Waals surface area contributed by atoms with Gasteiger partial charge in [0.15, 0.2) is 0 Å². The van der Waals surface area contributed by atoms with Crippen molar-refractivity contribution in [2.75, 3.05) is 6.54 Å². The van der Waals surface area contributed by atoms with Gasteiger partial charge >= 0.3 is 0 Å². The van der Waals surface area contributed by atoms with Gasteiger partial charge in [-0.1, -0.05) is 25.0 Å². The normalized spacial score (nSPS) is 44.1. The standard InChI is InChI=1S/C21H37N3/c22-13-12-19(23)15-10-11-18-17-8-4-5-9-20(17)24(21(18)14-15)16-6-2-1-3-7-16/h1-2,15-21H,3-14,22-23H2. The van der Waals surface area contributed by atoms with E-state index < -0.39 is 0 Å². The monoisotopic (exact) mass is 331 g/mol. The van der Waals surface area contributed by atoms with Gasteiger partial charge in [0.1, 0.15) is 0 Å². The van der Waals surface area contributed by atoms with Crippen LogP contribution in [-0.2, 0) is 0 Å². The molecule has 3 fully saturated rings. The first-order valence-electron chi connectivity index (χ1n) is 10.7. The molecule has 2 saturated carbocycles. The molecule has 0 spiro atoms. The Kier molecular flexibility index (Phi) is 5.31. The lowest BCUT2D eigenvalue weighted by Crippen LogP contribution is -2.49. The molecule has 136 valence electrons. The molecule has 7 atom stereocenters. The van der Waals surface area contributed by atoms with Crippen molar-refractivity contribution in [3.05, 3.63) is 12.2 Å². The predicted octanol–water partition coefficient (Wildman–Crippen LogP) is 3.43. The molecule has 0 aromatic carbocycles. The summed E-state index contributed by atoms with van der Waals surface area (Å²) in [4.78, 5) is 3.04. The van der Waals surface area contributed by atoms with Crippen LogP contribution in [0.1, 0.15) is 70.6 Å². The molecule has 0 bridgehead atoms. The zero-order valence-electron chi connectivity index (χ0n) is 15.3. The first-order valence-corrected chi connectivity index (χ1v) is 10.7. The van der Waals surface area contributed by atoms with Crippen molar-refractivity contribution in [3.63, 3.8) is 0 Å². The average molecular weight is 332 g/mol. The molecular weight excluding hydrogens is 294 g/mol. The number of allylic oxidation sites excluding steroid dienone is 1. The lowest BCUT2D eigenvalue weighted by Gasteiger charge is -2.43. The minimum Gasteiger partial charge on any atom is -0.330 e. The van der Waals surface area contributed by atoms with Crippen LogP contribution >= 0.6 is 0 Å². The van der Waals surface area contributed by atoms with Crippen molar-refractivity contribution >= 4 is 0 Å². The number of nitrogens with zero attached hydrogens (tertiary/aromatic N) is 1. The van der Waals surface area contributed by atoms with E-state index in [0.717, 1.165) is 42.9 Å². The fraction of sp³-hybridized carbons (Fsp3) is 0.905. The van der Waals surface area contributed by atoms with Crippen LogP contribution in [0.2, 0.25) is 0 Å². The highest BCUT2D eigenvalue weighted by Crippen LogP contribution is 2.52. The number of nitrogens with two attached hydrogens (primary N) is 2. The van der Waals surface area contributed by atoms with Gasteiger partial charge in [0, 0.05) is 24.2 Å². The molecule has 1 heterocycles. The highest BCUT2D eigenvalue weighted by atomic mass is 15.3. The quantitative estimate of drug-likeness (QED) is 0.776. The van der Waals surface area contributed by atoms with E-state index in [1.165, 1.54) is 64.2 Å². The average Bonchev–Trinajstić information content (AvgIpc) is 2.96. The Labute approximate surface area is 148 Å². The van der Waals surface area contributed by atoms with E-state index in [0.29, 0.717) is 12.0 Å². The molecule has 0 aromatic rings. The van der Waals surface area contributed by atoms with Gasteiger partial charge in [0.2, 0.25) is 0 Å². The van der Waals surface area contributed by atoms with Crippen LogP contribution in [0.5, 0.6) is 0 Å². The summed E-state index contributed by atoms with van der Waals surface area (Å²) in [7, 11) is 0. The maximum atomic E-state index is 6.50. The minimum absolute atomic E-state index is 0.326. The van der Waals surface area contributed by atoms with E-state index in [1.54, 1.807) is 0 Å². The van der Waals surface area contributed by atoms with Crippen LogP contribution in [0.25, 0.3) is 0 Å². The molecule has 1 aliphatic heterocycles. The van der Waals surface area contributed by atoms with Gasteiger partial charge in [0.25, 0.3) is 0 Å². The van der Waals surface area contributed by atoms with Crippen molar-refractivity contribution in [3.8, 4) is 0 Å². The Morgan fingerprint density at radius 3 is 2.58 bits per heavy atom. The summed E-state index contributed by atoms with van der Waals surface area (Å²) in [5, 5.41) is 0. The molecule has 4 N–H and O–H groups in total. The Balaban J connectivity index is 1.54. The van der Waals surface area contributed by atoms with E-state index in [1.807, 2.05) is 0 Å². The molecule has 1 saturated heterocycles. The van der Waals surface area contributed by atoms with Crippen molar-refractivity contribution in [2.45, 2.75) is 94.8 Å². The summed E-state index contributed by atoms with van der Waals surface area (Å²) < 4.78 is 0. The highest BCUT2D eigenvalue weighted by molar-refractivity contribution is 5.08. The first-order chi connectivity index (χ1) is 11.8. The van der Waals surface area contributed by atoms with Crippen molar-refractivity contribution in [1.82, 2.24) is 4.90 Å². The van der Waals surface area contributed by atoms with Crippen LogP contribution < -0.4 is 11.5 Å². The van der Waals surface area contributed by atoms with Gasteiger partial charge in [-0.2, -0.15) is 0 Å². The SMILES string of the molecule is NCCC(N)C1CCC2C3CCCCC3N(C3CC=CCC3)C2C1.